The van der Waals surface area contributed by atoms with Gasteiger partial charge in [0.1, 0.15) is 0 Å². The summed E-state index contributed by atoms with van der Waals surface area (Å²) < 4.78 is 0. The number of thiophene rings is 1. The van der Waals surface area contributed by atoms with E-state index in [0.29, 0.717) is 0 Å². The third kappa shape index (κ3) is 2.30. The second kappa shape index (κ2) is 3.78. The Bertz CT molecular complexity index is 280. The van der Waals surface area contributed by atoms with E-state index in [9.17, 15) is 0 Å². The standard InChI is InChI=1S/C10H17NOS/c1-7-4-8(5-13-7)9(11)10(2,3)6-12/h4-5,9,12H,6,11H2,1-3H3. The average Bonchev–Trinajstić information content (AvgIpc) is 2.50. The average molecular weight is 199 g/mol. The van der Waals surface area contributed by atoms with Gasteiger partial charge in [0.05, 0.1) is 0 Å². The molecule has 0 aliphatic rings. The first-order valence-electron chi connectivity index (χ1n) is 4.39. The monoisotopic (exact) mass is 199 g/mol. The molecule has 0 saturated heterocycles. The van der Waals surface area contributed by atoms with Crippen molar-refractivity contribution >= 4 is 11.3 Å². The summed E-state index contributed by atoms with van der Waals surface area (Å²) in [6.07, 6.45) is 0. The van der Waals surface area contributed by atoms with Crippen molar-refractivity contribution in [2.45, 2.75) is 26.8 Å². The predicted molar refractivity (Wildman–Crippen MR) is 56.9 cm³/mol. The van der Waals surface area contributed by atoms with E-state index < -0.39 is 0 Å². The highest BCUT2D eigenvalue weighted by Crippen LogP contribution is 2.32. The minimum Gasteiger partial charge on any atom is -0.396 e. The normalized spacial score (nSPS) is 14.5. The number of nitrogens with two attached hydrogens (primary N) is 1. The molecule has 1 rings (SSSR count). The second-order valence-electron chi connectivity index (χ2n) is 4.12. The maximum Gasteiger partial charge on any atom is 0.0500 e. The quantitative estimate of drug-likeness (QED) is 0.783. The summed E-state index contributed by atoms with van der Waals surface area (Å²) in [5, 5.41) is 11.2. The Balaban J connectivity index is 2.84. The van der Waals surface area contributed by atoms with E-state index >= 15 is 0 Å². The van der Waals surface area contributed by atoms with Crippen molar-refractivity contribution in [2.75, 3.05) is 6.61 Å². The van der Waals surface area contributed by atoms with Gasteiger partial charge in [-0.2, -0.15) is 0 Å². The van der Waals surface area contributed by atoms with E-state index in [1.54, 1.807) is 11.3 Å². The van der Waals surface area contributed by atoms with Crippen LogP contribution in [0.4, 0.5) is 0 Å². The lowest BCUT2D eigenvalue weighted by Crippen LogP contribution is -2.32. The zero-order chi connectivity index (χ0) is 10.1. The summed E-state index contributed by atoms with van der Waals surface area (Å²) in [6, 6.07) is 2.01. The lowest BCUT2D eigenvalue weighted by molar-refractivity contribution is 0.132. The van der Waals surface area contributed by atoms with Crippen LogP contribution in [-0.2, 0) is 0 Å². The minimum atomic E-state index is -0.243. The molecule has 2 nitrogen and oxygen atoms in total. The molecule has 0 saturated carbocycles. The zero-order valence-corrected chi connectivity index (χ0v) is 9.19. The molecule has 3 N–H and O–H groups in total. The summed E-state index contributed by atoms with van der Waals surface area (Å²) in [7, 11) is 0. The molecule has 1 heterocycles. The van der Waals surface area contributed by atoms with Crippen LogP contribution < -0.4 is 5.73 Å². The summed E-state index contributed by atoms with van der Waals surface area (Å²) in [4.78, 5) is 1.26. The summed E-state index contributed by atoms with van der Waals surface area (Å²) in [6.45, 7) is 6.13. The molecule has 0 aromatic carbocycles. The molecule has 0 spiro atoms. The molecule has 0 amide bonds. The van der Waals surface area contributed by atoms with Crippen LogP contribution in [0.1, 0.15) is 30.3 Å². The molecule has 0 fully saturated rings. The van der Waals surface area contributed by atoms with Gasteiger partial charge in [0.2, 0.25) is 0 Å². The molecule has 3 heteroatoms. The molecule has 1 aromatic heterocycles. The van der Waals surface area contributed by atoms with Crippen LogP contribution in [0.15, 0.2) is 11.4 Å². The van der Waals surface area contributed by atoms with Gasteiger partial charge in [-0.3, -0.25) is 0 Å². The van der Waals surface area contributed by atoms with Crippen molar-refractivity contribution in [1.29, 1.82) is 0 Å². The van der Waals surface area contributed by atoms with Gasteiger partial charge in [-0.1, -0.05) is 13.8 Å². The summed E-state index contributed by atoms with van der Waals surface area (Å²) in [5.74, 6) is 0. The van der Waals surface area contributed by atoms with Gasteiger partial charge in [-0.05, 0) is 23.9 Å². The van der Waals surface area contributed by atoms with Gasteiger partial charge in [0, 0.05) is 22.9 Å². The molecule has 1 aromatic rings. The third-order valence-corrected chi connectivity index (χ3v) is 3.24. The van der Waals surface area contributed by atoms with Crippen LogP contribution in [-0.4, -0.2) is 11.7 Å². The fraction of sp³-hybridized carbons (Fsp3) is 0.600. The van der Waals surface area contributed by atoms with Gasteiger partial charge < -0.3 is 10.8 Å². The number of aliphatic hydroxyl groups excluding tert-OH is 1. The van der Waals surface area contributed by atoms with Crippen LogP contribution in [0, 0.1) is 12.3 Å². The largest absolute Gasteiger partial charge is 0.396 e. The Labute approximate surface area is 83.4 Å². The van der Waals surface area contributed by atoms with Crippen LogP contribution >= 0.6 is 11.3 Å². The number of aliphatic hydroxyl groups is 1. The topological polar surface area (TPSA) is 46.2 Å². The third-order valence-electron chi connectivity index (χ3n) is 2.36. The van der Waals surface area contributed by atoms with Gasteiger partial charge in [-0.25, -0.2) is 0 Å². The highest BCUT2D eigenvalue weighted by molar-refractivity contribution is 7.10. The molecule has 13 heavy (non-hydrogen) atoms. The predicted octanol–water partition coefficient (Wildman–Crippen LogP) is 2.07. The number of rotatable bonds is 3. The number of aryl methyl sites for hydroxylation is 1. The second-order valence-corrected chi connectivity index (χ2v) is 5.23. The molecule has 74 valence electrons. The van der Waals surface area contributed by atoms with E-state index in [1.165, 1.54) is 4.88 Å². The molecule has 1 atom stereocenters. The Morgan fingerprint density at radius 3 is 2.62 bits per heavy atom. The van der Waals surface area contributed by atoms with Crippen molar-refractivity contribution in [3.63, 3.8) is 0 Å². The molecule has 0 bridgehead atoms. The van der Waals surface area contributed by atoms with Crippen molar-refractivity contribution < 1.29 is 5.11 Å². The molecular formula is C10H17NOS. The minimum absolute atomic E-state index is 0.0811. The van der Waals surface area contributed by atoms with Crippen molar-refractivity contribution in [2.24, 2.45) is 11.1 Å². The Hall–Kier alpha value is -0.380. The van der Waals surface area contributed by atoms with E-state index in [4.69, 9.17) is 10.8 Å². The first-order valence-corrected chi connectivity index (χ1v) is 5.27. The Morgan fingerprint density at radius 2 is 2.23 bits per heavy atom. The van der Waals surface area contributed by atoms with Gasteiger partial charge in [0.15, 0.2) is 0 Å². The van der Waals surface area contributed by atoms with Crippen LogP contribution in [0.25, 0.3) is 0 Å². The molecule has 0 aliphatic heterocycles. The first-order chi connectivity index (χ1) is 5.97. The van der Waals surface area contributed by atoms with Crippen molar-refractivity contribution in [3.05, 3.63) is 21.9 Å². The highest BCUT2D eigenvalue weighted by Gasteiger charge is 2.27. The van der Waals surface area contributed by atoms with Crippen molar-refractivity contribution in [3.8, 4) is 0 Å². The molecular weight excluding hydrogens is 182 g/mol. The van der Waals surface area contributed by atoms with Crippen molar-refractivity contribution in [1.82, 2.24) is 0 Å². The fourth-order valence-corrected chi connectivity index (χ4v) is 1.92. The molecule has 0 radical (unpaired) electrons. The van der Waals surface area contributed by atoms with Gasteiger partial charge >= 0.3 is 0 Å². The Morgan fingerprint density at radius 1 is 1.62 bits per heavy atom. The fourth-order valence-electron chi connectivity index (χ4n) is 1.18. The van der Waals surface area contributed by atoms with Gasteiger partial charge in [0.25, 0.3) is 0 Å². The van der Waals surface area contributed by atoms with Crippen LogP contribution in [0.5, 0.6) is 0 Å². The summed E-state index contributed by atoms with van der Waals surface area (Å²) >= 11 is 1.70. The van der Waals surface area contributed by atoms with Gasteiger partial charge in [-0.15, -0.1) is 11.3 Å². The van der Waals surface area contributed by atoms with E-state index in [0.717, 1.165) is 5.56 Å². The first kappa shape index (κ1) is 10.7. The lowest BCUT2D eigenvalue weighted by Gasteiger charge is -2.28. The Kier molecular flexibility index (Phi) is 3.11. The molecule has 1 unspecified atom stereocenters. The zero-order valence-electron chi connectivity index (χ0n) is 8.37. The SMILES string of the molecule is Cc1cc(C(N)C(C)(C)CO)cs1. The maximum absolute atomic E-state index is 9.16. The van der Waals surface area contributed by atoms with Crippen LogP contribution in [0.3, 0.4) is 0 Å². The van der Waals surface area contributed by atoms with Crippen LogP contribution in [0.2, 0.25) is 0 Å². The smallest absolute Gasteiger partial charge is 0.0500 e. The van der Waals surface area contributed by atoms with E-state index in [-0.39, 0.29) is 18.1 Å². The number of hydrogen-bond acceptors (Lipinski definition) is 3. The lowest BCUT2D eigenvalue weighted by atomic mass is 9.83. The van der Waals surface area contributed by atoms with E-state index in [2.05, 4.69) is 18.4 Å². The van der Waals surface area contributed by atoms with E-state index in [1.807, 2.05) is 13.8 Å². The highest BCUT2D eigenvalue weighted by atomic mass is 32.1. The number of hydrogen-bond donors (Lipinski definition) is 2. The summed E-state index contributed by atoms with van der Waals surface area (Å²) in [5.41, 5.74) is 6.93. The molecule has 0 aliphatic carbocycles. The maximum atomic E-state index is 9.16.